The predicted octanol–water partition coefficient (Wildman–Crippen LogP) is 1.01. The Morgan fingerprint density at radius 1 is 1.57 bits per heavy atom. The minimum Gasteiger partial charge on any atom is -0.379 e. The van der Waals surface area contributed by atoms with E-state index in [9.17, 15) is 0 Å². The van der Waals surface area contributed by atoms with Crippen LogP contribution in [0.1, 0.15) is 19.4 Å². The first-order valence-electron chi connectivity index (χ1n) is 5.01. The molecule has 0 radical (unpaired) electrons. The summed E-state index contributed by atoms with van der Waals surface area (Å²) in [4.78, 5) is 0. The average molecular weight is 197 g/mol. The van der Waals surface area contributed by atoms with Crippen LogP contribution in [0.15, 0.2) is 12.4 Å². The normalized spacial score (nSPS) is 11.1. The van der Waals surface area contributed by atoms with E-state index in [1.54, 1.807) is 6.20 Å². The second-order valence-electron chi connectivity index (χ2n) is 3.78. The Morgan fingerprint density at radius 2 is 2.36 bits per heavy atom. The van der Waals surface area contributed by atoms with Crippen molar-refractivity contribution in [2.75, 3.05) is 13.2 Å². The first kappa shape index (κ1) is 11.2. The summed E-state index contributed by atoms with van der Waals surface area (Å²) in [5.41, 5.74) is 6.54. The summed E-state index contributed by atoms with van der Waals surface area (Å²) in [5, 5.41) is 4.16. The molecule has 1 heterocycles. The number of hydrogen-bond acceptors (Lipinski definition) is 3. The fourth-order valence-corrected chi connectivity index (χ4v) is 1.11. The third kappa shape index (κ3) is 3.89. The first-order chi connectivity index (χ1) is 6.72. The van der Waals surface area contributed by atoms with Gasteiger partial charge in [0.05, 0.1) is 19.3 Å². The molecule has 0 unspecified atom stereocenters. The maximum Gasteiger partial charge on any atom is 0.0662 e. The van der Waals surface area contributed by atoms with Gasteiger partial charge < -0.3 is 10.5 Å². The Morgan fingerprint density at radius 3 is 2.93 bits per heavy atom. The second-order valence-corrected chi connectivity index (χ2v) is 3.78. The van der Waals surface area contributed by atoms with Crippen molar-refractivity contribution in [2.45, 2.75) is 26.9 Å². The lowest BCUT2D eigenvalue weighted by molar-refractivity contribution is 0.101. The first-order valence-corrected chi connectivity index (χ1v) is 5.01. The van der Waals surface area contributed by atoms with Crippen LogP contribution in [0, 0.1) is 5.92 Å². The summed E-state index contributed by atoms with van der Waals surface area (Å²) in [6.45, 7) is 7.15. The fourth-order valence-electron chi connectivity index (χ4n) is 1.11. The quantitative estimate of drug-likeness (QED) is 0.693. The lowest BCUT2D eigenvalue weighted by atomic mass is 10.2. The number of nitrogens with zero attached hydrogens (tertiary/aromatic N) is 2. The largest absolute Gasteiger partial charge is 0.379 e. The van der Waals surface area contributed by atoms with E-state index >= 15 is 0 Å². The van der Waals surface area contributed by atoms with Crippen molar-refractivity contribution in [1.29, 1.82) is 0 Å². The van der Waals surface area contributed by atoms with Gasteiger partial charge in [0, 0.05) is 24.9 Å². The van der Waals surface area contributed by atoms with E-state index in [-0.39, 0.29) is 0 Å². The molecule has 0 aliphatic rings. The zero-order valence-corrected chi connectivity index (χ0v) is 8.94. The number of hydrogen-bond donors (Lipinski definition) is 1. The molecule has 80 valence electrons. The van der Waals surface area contributed by atoms with Gasteiger partial charge in [0.15, 0.2) is 0 Å². The minimum absolute atomic E-state index is 0.548. The van der Waals surface area contributed by atoms with Gasteiger partial charge in [-0.2, -0.15) is 5.10 Å². The Labute approximate surface area is 85.0 Å². The molecule has 1 aromatic heterocycles. The van der Waals surface area contributed by atoms with Gasteiger partial charge in [0.2, 0.25) is 0 Å². The molecule has 0 aliphatic carbocycles. The molecule has 0 saturated carbocycles. The molecule has 0 bridgehead atoms. The van der Waals surface area contributed by atoms with E-state index in [0.717, 1.165) is 18.7 Å². The van der Waals surface area contributed by atoms with Crippen LogP contribution < -0.4 is 5.73 Å². The van der Waals surface area contributed by atoms with Gasteiger partial charge in [0.1, 0.15) is 0 Å². The van der Waals surface area contributed by atoms with Crippen molar-refractivity contribution < 1.29 is 4.74 Å². The van der Waals surface area contributed by atoms with Crippen LogP contribution in [-0.2, 0) is 17.8 Å². The van der Waals surface area contributed by atoms with E-state index < -0.39 is 0 Å². The zero-order valence-electron chi connectivity index (χ0n) is 8.94. The molecule has 0 amide bonds. The summed E-state index contributed by atoms with van der Waals surface area (Å²) in [7, 11) is 0. The third-order valence-electron chi connectivity index (χ3n) is 1.84. The van der Waals surface area contributed by atoms with E-state index in [1.807, 2.05) is 10.9 Å². The topological polar surface area (TPSA) is 53.1 Å². The summed E-state index contributed by atoms with van der Waals surface area (Å²) < 4.78 is 7.31. The van der Waals surface area contributed by atoms with Gasteiger partial charge in [-0.25, -0.2) is 0 Å². The molecular weight excluding hydrogens is 178 g/mol. The van der Waals surface area contributed by atoms with Gasteiger partial charge in [-0.3, -0.25) is 4.68 Å². The highest BCUT2D eigenvalue weighted by Gasteiger charge is 1.97. The highest BCUT2D eigenvalue weighted by Crippen LogP contribution is 1.96. The van der Waals surface area contributed by atoms with E-state index in [0.29, 0.717) is 19.1 Å². The predicted molar refractivity (Wildman–Crippen MR) is 55.8 cm³/mol. The molecule has 0 saturated heterocycles. The van der Waals surface area contributed by atoms with E-state index in [2.05, 4.69) is 18.9 Å². The van der Waals surface area contributed by atoms with Crippen molar-refractivity contribution in [3.63, 3.8) is 0 Å². The molecule has 4 heteroatoms. The zero-order chi connectivity index (χ0) is 10.4. The lowest BCUT2D eigenvalue weighted by Gasteiger charge is -2.06. The summed E-state index contributed by atoms with van der Waals surface area (Å²) >= 11 is 0. The average Bonchev–Trinajstić information content (AvgIpc) is 2.60. The number of nitrogens with two attached hydrogens (primary N) is 1. The molecule has 14 heavy (non-hydrogen) atoms. The molecule has 0 aliphatic heterocycles. The highest BCUT2D eigenvalue weighted by molar-refractivity contribution is 5.02. The van der Waals surface area contributed by atoms with Crippen molar-refractivity contribution in [2.24, 2.45) is 11.7 Å². The number of ether oxygens (including phenoxy) is 1. The summed E-state index contributed by atoms with van der Waals surface area (Å²) in [5.74, 6) is 0.590. The van der Waals surface area contributed by atoms with Crippen LogP contribution in [0.5, 0.6) is 0 Å². The van der Waals surface area contributed by atoms with Gasteiger partial charge in [-0.05, 0) is 5.92 Å². The lowest BCUT2D eigenvalue weighted by Crippen LogP contribution is -2.09. The molecule has 0 spiro atoms. The van der Waals surface area contributed by atoms with Gasteiger partial charge in [0.25, 0.3) is 0 Å². The molecule has 1 rings (SSSR count). The van der Waals surface area contributed by atoms with Crippen LogP contribution in [0.4, 0.5) is 0 Å². The van der Waals surface area contributed by atoms with E-state index in [4.69, 9.17) is 10.5 Å². The standard InChI is InChI=1S/C10H19N3O/c1-9(2)8-14-4-3-13-7-10(5-11)6-12-13/h6-7,9H,3-5,8,11H2,1-2H3. The maximum atomic E-state index is 5.47. The fraction of sp³-hybridized carbons (Fsp3) is 0.700. The van der Waals surface area contributed by atoms with Crippen molar-refractivity contribution in [1.82, 2.24) is 9.78 Å². The molecule has 4 nitrogen and oxygen atoms in total. The monoisotopic (exact) mass is 197 g/mol. The third-order valence-corrected chi connectivity index (χ3v) is 1.84. The molecular formula is C10H19N3O. The minimum atomic E-state index is 0.548. The molecule has 1 aromatic rings. The Hall–Kier alpha value is -0.870. The van der Waals surface area contributed by atoms with Gasteiger partial charge in [-0.15, -0.1) is 0 Å². The van der Waals surface area contributed by atoms with Crippen molar-refractivity contribution >= 4 is 0 Å². The van der Waals surface area contributed by atoms with E-state index in [1.165, 1.54) is 0 Å². The van der Waals surface area contributed by atoms with Crippen molar-refractivity contribution in [3.8, 4) is 0 Å². The van der Waals surface area contributed by atoms with Crippen LogP contribution >= 0.6 is 0 Å². The Balaban J connectivity index is 2.18. The van der Waals surface area contributed by atoms with Crippen LogP contribution in [0.2, 0.25) is 0 Å². The molecule has 0 atom stereocenters. The van der Waals surface area contributed by atoms with Gasteiger partial charge in [-0.1, -0.05) is 13.8 Å². The number of aromatic nitrogens is 2. The second kappa shape index (κ2) is 5.78. The summed E-state index contributed by atoms with van der Waals surface area (Å²) in [6, 6.07) is 0. The van der Waals surface area contributed by atoms with Crippen LogP contribution in [0.3, 0.4) is 0 Å². The molecule has 0 aromatic carbocycles. The van der Waals surface area contributed by atoms with Crippen LogP contribution in [-0.4, -0.2) is 23.0 Å². The summed E-state index contributed by atoms with van der Waals surface area (Å²) in [6.07, 6.45) is 3.75. The SMILES string of the molecule is CC(C)COCCn1cc(CN)cn1. The molecule has 0 fully saturated rings. The Bertz CT molecular complexity index is 258. The smallest absolute Gasteiger partial charge is 0.0662 e. The number of rotatable bonds is 6. The highest BCUT2D eigenvalue weighted by atomic mass is 16.5. The maximum absolute atomic E-state index is 5.47. The Kier molecular flexibility index (Phi) is 4.62. The van der Waals surface area contributed by atoms with Gasteiger partial charge >= 0.3 is 0 Å². The van der Waals surface area contributed by atoms with Crippen molar-refractivity contribution in [3.05, 3.63) is 18.0 Å². The van der Waals surface area contributed by atoms with Crippen LogP contribution in [0.25, 0.3) is 0 Å². The molecule has 2 N–H and O–H groups in total.